The Hall–Kier alpha value is -6.04. The highest BCUT2D eigenvalue weighted by atomic mass is 32.2. The quantitative estimate of drug-likeness (QED) is 0.0891. The minimum absolute atomic E-state index is 0.0101. The van der Waals surface area contributed by atoms with E-state index in [1.807, 2.05) is 0 Å². The highest BCUT2D eigenvalue weighted by Gasteiger charge is 2.54. The summed E-state index contributed by atoms with van der Waals surface area (Å²) in [6.07, 6.45) is -9.41. The van der Waals surface area contributed by atoms with Crippen LogP contribution in [0.3, 0.4) is 0 Å². The maximum absolute atomic E-state index is 14.5. The molecule has 0 aliphatic rings. The zero-order valence-electron chi connectivity index (χ0n) is 32.6. The highest BCUT2D eigenvalue weighted by molar-refractivity contribution is 7.91. The summed E-state index contributed by atoms with van der Waals surface area (Å²) < 4.78 is 171. The average molecular weight is 887 g/mol. The van der Waals surface area contributed by atoms with E-state index in [0.29, 0.717) is 17.6 Å². The van der Waals surface area contributed by atoms with E-state index >= 15 is 0 Å². The van der Waals surface area contributed by atoms with Gasteiger partial charge in [-0.2, -0.15) is 34.8 Å². The Morgan fingerprint density at radius 2 is 0.754 bits per heavy atom. The average Bonchev–Trinajstić information content (AvgIpc) is 3.22. The summed E-state index contributed by atoms with van der Waals surface area (Å²) in [7, 11) is -6.79. The van der Waals surface area contributed by atoms with Crippen molar-refractivity contribution in [1.29, 1.82) is 0 Å². The second-order valence-corrected chi connectivity index (χ2v) is 17.4. The van der Waals surface area contributed by atoms with Crippen LogP contribution in [0.1, 0.15) is 36.1 Å². The first-order chi connectivity index (χ1) is 28.5. The van der Waals surface area contributed by atoms with Crippen LogP contribution in [0.15, 0.2) is 154 Å². The summed E-state index contributed by atoms with van der Waals surface area (Å²) in [6, 6.07) is 28.3. The van der Waals surface area contributed by atoms with E-state index < -0.39 is 58.7 Å². The zero-order chi connectivity index (χ0) is 44.6. The van der Waals surface area contributed by atoms with Crippen molar-refractivity contribution in [3.8, 4) is 34.5 Å². The van der Waals surface area contributed by atoms with Crippen LogP contribution in [0, 0.1) is 0 Å². The first-order valence-electron chi connectivity index (χ1n) is 18.0. The van der Waals surface area contributed by atoms with E-state index in [1.54, 1.807) is 0 Å². The molecule has 6 aromatic carbocycles. The first kappa shape index (κ1) is 44.5. The van der Waals surface area contributed by atoms with Gasteiger partial charge in [-0.15, -0.1) is 0 Å². The van der Waals surface area contributed by atoms with E-state index in [0.717, 1.165) is 50.2 Å². The molecule has 0 aromatic heterocycles. The molecule has 9 nitrogen and oxygen atoms in total. The first-order valence-corrected chi connectivity index (χ1v) is 20.9. The molecular formula is C44H36F6O9S2. The minimum Gasteiger partial charge on any atom is -0.497 e. The lowest BCUT2D eigenvalue weighted by Crippen LogP contribution is -2.40. The fourth-order valence-electron chi connectivity index (χ4n) is 6.58. The maximum atomic E-state index is 14.5. The normalized spacial score (nSPS) is 14.3. The topological polar surface area (TPSA) is 125 Å². The Balaban J connectivity index is 1.21. The maximum Gasteiger partial charge on any atom is 0.402 e. The fraction of sp³-hybridized carbons (Fsp3) is 0.182. The van der Waals surface area contributed by atoms with Crippen molar-refractivity contribution in [2.45, 2.75) is 51.7 Å². The van der Waals surface area contributed by atoms with Gasteiger partial charge in [0.1, 0.15) is 50.2 Å². The van der Waals surface area contributed by atoms with Crippen molar-refractivity contribution in [2.24, 2.45) is 0 Å². The number of alkyl halides is 6. The summed E-state index contributed by atoms with van der Waals surface area (Å²) in [5.74, 6) is 0.383. The molecule has 0 bridgehead atoms. The molecular weight excluding hydrogens is 851 g/mol. The molecule has 320 valence electrons. The molecule has 17 heteroatoms. The predicted octanol–water partition coefficient (Wildman–Crippen LogP) is 11.1. The largest absolute Gasteiger partial charge is 0.497 e. The third kappa shape index (κ3) is 8.76. The molecule has 0 radical (unpaired) electrons. The predicted molar refractivity (Wildman–Crippen MR) is 212 cm³/mol. The number of rotatable bonds is 13. The van der Waals surface area contributed by atoms with Crippen molar-refractivity contribution in [2.75, 3.05) is 14.2 Å². The summed E-state index contributed by atoms with van der Waals surface area (Å²) in [4.78, 5) is -1.81. The van der Waals surface area contributed by atoms with E-state index in [9.17, 15) is 47.7 Å². The van der Waals surface area contributed by atoms with Crippen molar-refractivity contribution >= 4 is 20.0 Å². The number of methoxy groups -OCH3 is 2. The van der Waals surface area contributed by atoms with E-state index in [4.69, 9.17) is 18.9 Å². The Labute approximate surface area is 347 Å². The summed E-state index contributed by atoms with van der Waals surface area (Å²) >= 11 is 0. The molecule has 0 aliphatic heterocycles. The van der Waals surface area contributed by atoms with Crippen LogP contribution in [0.5, 0.6) is 34.5 Å². The van der Waals surface area contributed by atoms with Crippen LogP contribution in [-0.4, -0.2) is 48.0 Å². The Bertz CT molecular complexity index is 2720. The molecule has 0 spiro atoms. The summed E-state index contributed by atoms with van der Waals surface area (Å²) in [6.45, 7) is 2.06. The third-order valence-corrected chi connectivity index (χ3v) is 13.1. The molecule has 0 heterocycles. The molecule has 61 heavy (non-hydrogen) atoms. The number of sulfone groups is 1. The van der Waals surface area contributed by atoms with Gasteiger partial charge in [0.05, 0.1) is 24.0 Å². The van der Waals surface area contributed by atoms with Gasteiger partial charge in [-0.3, -0.25) is 4.55 Å². The SMILES string of the molecule is COc1ccc(C(C)(c2ccc(Oc3ccc(S(=O)(=O)c4ccc(Oc5ccc(C(C)(c6ccc(OC)cc6)C(F)(F)F)cc5)c(S(=O)(=O)O)c4)cc3)cc2)C(F)(F)F)cc1. The van der Waals surface area contributed by atoms with Gasteiger partial charge in [0.25, 0.3) is 10.1 Å². The van der Waals surface area contributed by atoms with E-state index in [1.165, 1.54) is 111 Å². The van der Waals surface area contributed by atoms with Gasteiger partial charge in [0.2, 0.25) is 9.84 Å². The minimum atomic E-state index is -5.13. The van der Waals surface area contributed by atoms with Crippen LogP contribution in [0.25, 0.3) is 0 Å². The van der Waals surface area contributed by atoms with Gasteiger partial charge in [-0.05, 0) is 127 Å². The van der Waals surface area contributed by atoms with Gasteiger partial charge < -0.3 is 18.9 Å². The van der Waals surface area contributed by atoms with Crippen molar-refractivity contribution in [3.05, 3.63) is 162 Å². The van der Waals surface area contributed by atoms with Crippen molar-refractivity contribution in [1.82, 2.24) is 0 Å². The van der Waals surface area contributed by atoms with Crippen LogP contribution in [0.2, 0.25) is 0 Å². The molecule has 6 rings (SSSR count). The third-order valence-electron chi connectivity index (χ3n) is 10.4. The molecule has 0 fully saturated rings. The lowest BCUT2D eigenvalue weighted by molar-refractivity contribution is -0.173. The van der Waals surface area contributed by atoms with Crippen LogP contribution in [-0.2, 0) is 30.8 Å². The van der Waals surface area contributed by atoms with Crippen LogP contribution < -0.4 is 18.9 Å². The number of hydrogen-bond donors (Lipinski definition) is 1. The number of ether oxygens (including phenoxy) is 4. The summed E-state index contributed by atoms with van der Waals surface area (Å²) in [5.41, 5.74) is -5.16. The molecule has 0 saturated heterocycles. The van der Waals surface area contributed by atoms with Crippen molar-refractivity contribution in [3.63, 3.8) is 0 Å². The Morgan fingerprint density at radius 3 is 1.08 bits per heavy atom. The zero-order valence-corrected chi connectivity index (χ0v) is 34.2. The van der Waals surface area contributed by atoms with Gasteiger partial charge in [-0.1, -0.05) is 48.5 Å². The van der Waals surface area contributed by atoms with E-state index in [-0.39, 0.29) is 44.4 Å². The van der Waals surface area contributed by atoms with Gasteiger partial charge in [-0.25, -0.2) is 8.42 Å². The molecule has 0 saturated carbocycles. The van der Waals surface area contributed by atoms with Gasteiger partial charge >= 0.3 is 12.4 Å². The lowest BCUT2D eigenvalue weighted by atomic mass is 9.75. The number of benzene rings is 6. The molecule has 0 amide bonds. The second kappa shape index (κ2) is 16.4. The van der Waals surface area contributed by atoms with Gasteiger partial charge in [0.15, 0.2) is 0 Å². The lowest BCUT2D eigenvalue weighted by Gasteiger charge is -2.33. The van der Waals surface area contributed by atoms with E-state index in [2.05, 4.69) is 0 Å². The van der Waals surface area contributed by atoms with Gasteiger partial charge in [0, 0.05) is 0 Å². The van der Waals surface area contributed by atoms with Crippen molar-refractivity contribution < 1.29 is 66.7 Å². The Kier molecular flexibility index (Phi) is 12.0. The Morgan fingerprint density at radius 1 is 0.443 bits per heavy atom. The molecule has 1 N–H and O–H groups in total. The fourth-order valence-corrected chi connectivity index (χ4v) is 8.58. The molecule has 2 atom stereocenters. The summed E-state index contributed by atoms with van der Waals surface area (Å²) in [5, 5.41) is 0. The standard InChI is InChI=1S/C44H36F6O9S2/c1-41(43(45,46)47,28-5-13-32(56-3)14-6-28)30-9-17-34(18-10-30)58-35-21-23-37(24-22-35)60(51,52)38-25-26-39(40(27-38)61(53,54)55)59-36-19-11-31(12-20-36)42(2,44(48,49)50)29-7-15-33(57-4)16-8-29/h5-27H,1-4H3,(H,53,54,55). The van der Waals surface area contributed by atoms with Crippen LogP contribution in [0.4, 0.5) is 26.3 Å². The second-order valence-electron chi connectivity index (χ2n) is 14.0. The number of hydrogen-bond acceptors (Lipinski definition) is 8. The molecule has 0 aliphatic carbocycles. The molecule has 6 aromatic rings. The van der Waals surface area contributed by atoms with Crippen LogP contribution >= 0.6 is 0 Å². The highest BCUT2D eigenvalue weighted by Crippen LogP contribution is 2.48. The number of halogens is 6. The monoisotopic (exact) mass is 886 g/mol. The smallest absolute Gasteiger partial charge is 0.402 e. The molecule has 2 unspecified atom stereocenters.